The number of aryl methyl sites for hydroxylation is 1. The van der Waals surface area contributed by atoms with E-state index in [9.17, 15) is 4.79 Å². The van der Waals surface area contributed by atoms with Gasteiger partial charge in [0, 0.05) is 12.3 Å². The van der Waals surface area contributed by atoms with Gasteiger partial charge >= 0.3 is 0 Å². The van der Waals surface area contributed by atoms with Gasteiger partial charge in [0.25, 0.3) is 0 Å². The maximum Gasteiger partial charge on any atom is 0.135 e. The van der Waals surface area contributed by atoms with Gasteiger partial charge in [-0.1, -0.05) is 36.8 Å². The molecule has 0 unspecified atom stereocenters. The van der Waals surface area contributed by atoms with Crippen molar-refractivity contribution in [2.45, 2.75) is 38.5 Å². The predicted molar refractivity (Wildman–Crippen MR) is 61.7 cm³/mol. The molecule has 0 aliphatic heterocycles. The molecule has 0 heterocycles. The van der Waals surface area contributed by atoms with E-state index in [-0.39, 0.29) is 0 Å². The highest BCUT2D eigenvalue weighted by Crippen LogP contribution is 2.24. The fraction of sp³-hybridized carbons (Fsp3) is 0.500. The third kappa shape index (κ3) is 2.92. The van der Waals surface area contributed by atoms with Gasteiger partial charge in [-0.3, -0.25) is 4.79 Å². The first-order chi connectivity index (χ1) is 7.36. The molecule has 1 aromatic rings. The van der Waals surface area contributed by atoms with Gasteiger partial charge in [0.05, 0.1) is 0 Å². The standard InChI is InChI=1S/C14H18O/c15-14-9-5-4-8-13(14)11-10-12-6-2-1-3-7-12/h1-3,6-7,13H,4-5,8-11H2/t13-/m0/s1. The van der Waals surface area contributed by atoms with Crippen molar-refractivity contribution >= 4 is 5.78 Å². The lowest BCUT2D eigenvalue weighted by molar-refractivity contribution is -0.124. The Hall–Kier alpha value is -1.11. The van der Waals surface area contributed by atoms with Gasteiger partial charge < -0.3 is 0 Å². The molecular formula is C14H18O. The lowest BCUT2D eigenvalue weighted by Crippen LogP contribution is -2.19. The van der Waals surface area contributed by atoms with Crippen LogP contribution in [0.5, 0.6) is 0 Å². The average molecular weight is 202 g/mol. The first-order valence-electron chi connectivity index (χ1n) is 5.93. The van der Waals surface area contributed by atoms with Crippen LogP contribution in [0.4, 0.5) is 0 Å². The maximum atomic E-state index is 11.6. The summed E-state index contributed by atoms with van der Waals surface area (Å²) in [7, 11) is 0. The second-order valence-electron chi connectivity index (χ2n) is 4.43. The highest BCUT2D eigenvalue weighted by Gasteiger charge is 2.21. The van der Waals surface area contributed by atoms with Gasteiger partial charge in [0.2, 0.25) is 0 Å². The van der Waals surface area contributed by atoms with Crippen LogP contribution >= 0.6 is 0 Å². The van der Waals surface area contributed by atoms with Crippen molar-refractivity contribution in [2.24, 2.45) is 5.92 Å². The first kappa shape index (κ1) is 10.4. The highest BCUT2D eigenvalue weighted by molar-refractivity contribution is 5.81. The Morgan fingerprint density at radius 2 is 1.93 bits per heavy atom. The number of benzene rings is 1. The monoisotopic (exact) mass is 202 g/mol. The maximum absolute atomic E-state index is 11.6. The van der Waals surface area contributed by atoms with Crippen LogP contribution < -0.4 is 0 Å². The van der Waals surface area contributed by atoms with Crippen molar-refractivity contribution < 1.29 is 4.79 Å². The number of Topliss-reactive ketones (excluding diaryl/α,β-unsaturated/α-hetero) is 1. The Morgan fingerprint density at radius 1 is 1.13 bits per heavy atom. The molecule has 0 N–H and O–H groups in total. The van der Waals surface area contributed by atoms with Crippen LogP contribution in [0.15, 0.2) is 30.3 Å². The summed E-state index contributed by atoms with van der Waals surface area (Å²) in [6.45, 7) is 0. The van der Waals surface area contributed by atoms with E-state index in [0.29, 0.717) is 11.7 Å². The lowest BCUT2D eigenvalue weighted by atomic mass is 9.84. The minimum Gasteiger partial charge on any atom is -0.299 e. The molecule has 2 rings (SSSR count). The zero-order chi connectivity index (χ0) is 10.5. The van der Waals surface area contributed by atoms with Crippen LogP contribution in [0.25, 0.3) is 0 Å². The summed E-state index contributed by atoms with van der Waals surface area (Å²) in [5.41, 5.74) is 1.36. The smallest absolute Gasteiger partial charge is 0.135 e. The molecule has 1 nitrogen and oxygen atoms in total. The molecule has 15 heavy (non-hydrogen) atoms. The molecule has 1 aromatic carbocycles. The van der Waals surface area contributed by atoms with Crippen molar-refractivity contribution in [2.75, 3.05) is 0 Å². The van der Waals surface area contributed by atoms with Crippen molar-refractivity contribution in [3.05, 3.63) is 35.9 Å². The molecule has 0 aromatic heterocycles. The molecule has 0 radical (unpaired) electrons. The molecule has 1 aliphatic carbocycles. The molecule has 1 saturated carbocycles. The van der Waals surface area contributed by atoms with Gasteiger partial charge in [-0.2, -0.15) is 0 Å². The molecule has 1 fully saturated rings. The van der Waals surface area contributed by atoms with E-state index in [4.69, 9.17) is 0 Å². The second-order valence-corrected chi connectivity index (χ2v) is 4.43. The number of rotatable bonds is 3. The summed E-state index contributed by atoms with van der Waals surface area (Å²) in [5, 5.41) is 0. The first-order valence-corrected chi connectivity index (χ1v) is 5.93. The number of carbonyl (C=O) groups excluding carboxylic acids is 1. The van der Waals surface area contributed by atoms with Gasteiger partial charge in [0.15, 0.2) is 0 Å². The van der Waals surface area contributed by atoms with Crippen LogP contribution in [-0.4, -0.2) is 5.78 Å². The number of carbonyl (C=O) groups is 1. The van der Waals surface area contributed by atoms with E-state index in [1.807, 2.05) is 6.07 Å². The molecule has 0 amide bonds. The summed E-state index contributed by atoms with van der Waals surface area (Å²) in [6, 6.07) is 10.5. The predicted octanol–water partition coefficient (Wildman–Crippen LogP) is 3.38. The Kier molecular flexibility index (Phi) is 3.54. The Morgan fingerprint density at radius 3 is 2.67 bits per heavy atom. The minimum atomic E-state index is 0.346. The number of hydrogen-bond acceptors (Lipinski definition) is 1. The topological polar surface area (TPSA) is 17.1 Å². The zero-order valence-electron chi connectivity index (χ0n) is 9.11. The van der Waals surface area contributed by atoms with Crippen LogP contribution in [0.1, 0.15) is 37.7 Å². The van der Waals surface area contributed by atoms with E-state index in [1.54, 1.807) is 0 Å². The Balaban J connectivity index is 1.85. The van der Waals surface area contributed by atoms with Crippen LogP contribution in [0, 0.1) is 5.92 Å². The van der Waals surface area contributed by atoms with Gasteiger partial charge in [-0.05, 0) is 31.2 Å². The van der Waals surface area contributed by atoms with Crippen LogP contribution in [0.3, 0.4) is 0 Å². The minimum absolute atomic E-state index is 0.346. The zero-order valence-corrected chi connectivity index (χ0v) is 9.11. The molecule has 0 bridgehead atoms. The second kappa shape index (κ2) is 5.11. The van der Waals surface area contributed by atoms with E-state index >= 15 is 0 Å². The molecule has 0 saturated heterocycles. The van der Waals surface area contributed by atoms with Gasteiger partial charge in [0.1, 0.15) is 5.78 Å². The van der Waals surface area contributed by atoms with Crippen molar-refractivity contribution in [3.63, 3.8) is 0 Å². The normalized spacial score (nSPS) is 21.6. The van der Waals surface area contributed by atoms with E-state index in [1.165, 1.54) is 12.0 Å². The average Bonchev–Trinajstić information content (AvgIpc) is 2.29. The van der Waals surface area contributed by atoms with Crippen molar-refractivity contribution in [1.29, 1.82) is 0 Å². The Bertz CT molecular complexity index is 315. The summed E-state index contributed by atoms with van der Waals surface area (Å²) < 4.78 is 0. The highest BCUT2D eigenvalue weighted by atomic mass is 16.1. The summed E-state index contributed by atoms with van der Waals surface area (Å²) in [5.74, 6) is 0.844. The van der Waals surface area contributed by atoms with E-state index < -0.39 is 0 Å². The van der Waals surface area contributed by atoms with E-state index in [0.717, 1.165) is 32.1 Å². The van der Waals surface area contributed by atoms with Crippen LogP contribution in [0.2, 0.25) is 0 Å². The molecule has 1 heteroatoms. The summed E-state index contributed by atoms with van der Waals surface area (Å²) in [6.07, 6.45) is 6.39. The molecule has 1 atom stereocenters. The van der Waals surface area contributed by atoms with Crippen LogP contribution in [-0.2, 0) is 11.2 Å². The Labute approximate surface area is 91.5 Å². The van der Waals surface area contributed by atoms with Crippen molar-refractivity contribution in [1.82, 2.24) is 0 Å². The molecule has 80 valence electrons. The third-order valence-electron chi connectivity index (χ3n) is 3.31. The lowest BCUT2D eigenvalue weighted by Gasteiger charge is -2.20. The fourth-order valence-corrected chi connectivity index (χ4v) is 2.35. The molecule has 0 spiro atoms. The fourth-order valence-electron chi connectivity index (χ4n) is 2.35. The summed E-state index contributed by atoms with van der Waals surface area (Å²) in [4.78, 5) is 11.6. The van der Waals surface area contributed by atoms with Gasteiger partial charge in [-0.25, -0.2) is 0 Å². The quantitative estimate of drug-likeness (QED) is 0.734. The van der Waals surface area contributed by atoms with E-state index in [2.05, 4.69) is 24.3 Å². The van der Waals surface area contributed by atoms with Crippen molar-refractivity contribution in [3.8, 4) is 0 Å². The largest absolute Gasteiger partial charge is 0.299 e. The third-order valence-corrected chi connectivity index (χ3v) is 3.31. The molecular weight excluding hydrogens is 184 g/mol. The summed E-state index contributed by atoms with van der Waals surface area (Å²) >= 11 is 0. The number of ketones is 1. The molecule has 1 aliphatic rings. The van der Waals surface area contributed by atoms with Gasteiger partial charge in [-0.15, -0.1) is 0 Å². The number of hydrogen-bond donors (Lipinski definition) is 0. The SMILES string of the molecule is O=C1CCCC[C@H]1CCc1ccccc1.